The van der Waals surface area contributed by atoms with Gasteiger partial charge in [0.2, 0.25) is 0 Å². The Labute approximate surface area is 95.2 Å². The van der Waals surface area contributed by atoms with Crippen LogP contribution in [0.3, 0.4) is 0 Å². The standard InChI is InChI=1S/C10H8N2O3S/c1-2-15-10(14)9(13)6-3-4-8-7(5-6)11-12-16-8/h3-5H,2H2,1H3. The molecule has 2 aromatic rings. The molecular weight excluding hydrogens is 228 g/mol. The van der Waals surface area contributed by atoms with E-state index >= 15 is 0 Å². The molecule has 6 heteroatoms. The van der Waals surface area contributed by atoms with Crippen molar-refractivity contribution in [3.8, 4) is 0 Å². The van der Waals surface area contributed by atoms with Crippen molar-refractivity contribution in [3.63, 3.8) is 0 Å². The van der Waals surface area contributed by atoms with Crippen molar-refractivity contribution < 1.29 is 14.3 Å². The lowest BCUT2D eigenvalue weighted by molar-refractivity contribution is -0.137. The summed E-state index contributed by atoms with van der Waals surface area (Å²) in [5.74, 6) is -1.50. The van der Waals surface area contributed by atoms with Gasteiger partial charge in [0.25, 0.3) is 5.78 Å². The normalized spacial score (nSPS) is 10.3. The second-order valence-corrected chi connectivity index (χ2v) is 3.79. The highest BCUT2D eigenvalue weighted by Crippen LogP contribution is 2.17. The number of rotatable bonds is 3. The number of hydrogen-bond donors (Lipinski definition) is 0. The van der Waals surface area contributed by atoms with E-state index in [9.17, 15) is 9.59 Å². The van der Waals surface area contributed by atoms with Gasteiger partial charge in [-0.25, -0.2) is 4.79 Å². The van der Waals surface area contributed by atoms with Crippen LogP contribution in [-0.2, 0) is 9.53 Å². The van der Waals surface area contributed by atoms with Gasteiger partial charge in [0.05, 0.1) is 11.3 Å². The maximum Gasteiger partial charge on any atom is 0.379 e. The average Bonchev–Trinajstić information content (AvgIpc) is 2.75. The van der Waals surface area contributed by atoms with Gasteiger partial charge in [0.15, 0.2) is 0 Å². The summed E-state index contributed by atoms with van der Waals surface area (Å²) in [6.45, 7) is 1.84. The van der Waals surface area contributed by atoms with Gasteiger partial charge >= 0.3 is 5.97 Å². The van der Waals surface area contributed by atoms with Crippen LogP contribution in [0.25, 0.3) is 10.2 Å². The van der Waals surface area contributed by atoms with Gasteiger partial charge in [-0.15, -0.1) is 5.10 Å². The Morgan fingerprint density at radius 2 is 2.25 bits per heavy atom. The fourth-order valence-electron chi connectivity index (χ4n) is 1.24. The van der Waals surface area contributed by atoms with E-state index in [4.69, 9.17) is 0 Å². The van der Waals surface area contributed by atoms with Gasteiger partial charge in [0.1, 0.15) is 5.52 Å². The zero-order chi connectivity index (χ0) is 11.5. The molecule has 1 aromatic carbocycles. The Morgan fingerprint density at radius 3 is 3.00 bits per heavy atom. The predicted molar refractivity (Wildman–Crippen MR) is 58.4 cm³/mol. The fourth-order valence-corrected chi connectivity index (χ4v) is 1.78. The van der Waals surface area contributed by atoms with Crippen LogP contribution in [0.15, 0.2) is 18.2 Å². The minimum Gasteiger partial charge on any atom is -0.460 e. The lowest BCUT2D eigenvalue weighted by Gasteiger charge is -2.00. The first-order valence-corrected chi connectivity index (χ1v) is 5.43. The minimum atomic E-state index is -0.843. The van der Waals surface area contributed by atoms with Gasteiger partial charge in [-0.05, 0) is 36.7 Å². The van der Waals surface area contributed by atoms with E-state index < -0.39 is 11.8 Å². The van der Waals surface area contributed by atoms with Crippen LogP contribution >= 0.6 is 11.5 Å². The highest BCUT2D eigenvalue weighted by atomic mass is 32.1. The van der Waals surface area contributed by atoms with Crippen LogP contribution in [0.2, 0.25) is 0 Å². The molecular formula is C10H8N2O3S. The molecule has 2 rings (SSSR count). The molecule has 0 saturated carbocycles. The Balaban J connectivity index is 2.32. The van der Waals surface area contributed by atoms with Crippen LogP contribution in [-0.4, -0.2) is 27.9 Å². The quantitative estimate of drug-likeness (QED) is 0.458. The summed E-state index contributed by atoms with van der Waals surface area (Å²) in [6, 6.07) is 4.83. The molecule has 1 heterocycles. The molecule has 1 aromatic heterocycles. The summed E-state index contributed by atoms with van der Waals surface area (Å²) in [6.07, 6.45) is 0. The molecule has 0 spiro atoms. The summed E-state index contributed by atoms with van der Waals surface area (Å²) in [4.78, 5) is 22.8. The smallest absolute Gasteiger partial charge is 0.379 e. The minimum absolute atomic E-state index is 0.186. The second-order valence-electron chi connectivity index (χ2n) is 3.01. The van der Waals surface area contributed by atoms with Crippen molar-refractivity contribution in [1.29, 1.82) is 0 Å². The first kappa shape index (κ1) is 10.7. The van der Waals surface area contributed by atoms with E-state index in [1.807, 2.05) is 0 Å². The van der Waals surface area contributed by atoms with E-state index in [0.717, 1.165) is 4.70 Å². The molecule has 0 N–H and O–H groups in total. The number of carbonyl (C=O) groups excluding carboxylic acids is 2. The maximum absolute atomic E-state index is 11.6. The molecule has 5 nitrogen and oxygen atoms in total. The summed E-state index contributed by atoms with van der Waals surface area (Å²) < 4.78 is 9.25. The van der Waals surface area contributed by atoms with Crippen LogP contribution in [0, 0.1) is 0 Å². The number of ether oxygens (including phenoxy) is 1. The molecule has 0 unspecified atom stereocenters. The second kappa shape index (κ2) is 4.36. The summed E-state index contributed by atoms with van der Waals surface area (Å²) in [5, 5.41) is 3.83. The van der Waals surface area contributed by atoms with Crippen molar-refractivity contribution in [2.24, 2.45) is 0 Å². The summed E-state index contributed by atoms with van der Waals surface area (Å²) in [5.41, 5.74) is 0.888. The van der Waals surface area contributed by atoms with Crippen LogP contribution < -0.4 is 0 Å². The number of benzene rings is 1. The van der Waals surface area contributed by atoms with Crippen LogP contribution in [0.1, 0.15) is 17.3 Å². The lowest BCUT2D eigenvalue weighted by Crippen LogP contribution is -2.17. The number of Topliss-reactive ketones (excluding diaryl/α,β-unsaturated/α-hetero) is 1. The Bertz CT molecular complexity index is 550. The van der Waals surface area contributed by atoms with E-state index in [0.29, 0.717) is 5.52 Å². The SMILES string of the molecule is CCOC(=O)C(=O)c1ccc2snnc2c1. The average molecular weight is 236 g/mol. The third-order valence-corrected chi connectivity index (χ3v) is 2.67. The first-order chi connectivity index (χ1) is 7.72. The highest BCUT2D eigenvalue weighted by Gasteiger charge is 2.17. The maximum atomic E-state index is 11.6. The zero-order valence-electron chi connectivity index (χ0n) is 8.47. The topological polar surface area (TPSA) is 69.2 Å². The monoisotopic (exact) mass is 236 g/mol. The molecule has 0 saturated heterocycles. The van der Waals surface area contributed by atoms with E-state index in [-0.39, 0.29) is 12.2 Å². The number of aromatic nitrogens is 2. The molecule has 82 valence electrons. The van der Waals surface area contributed by atoms with Gasteiger partial charge < -0.3 is 4.74 Å². The number of carbonyl (C=O) groups is 2. The van der Waals surface area contributed by atoms with E-state index in [1.165, 1.54) is 17.6 Å². The molecule has 0 amide bonds. The molecule has 0 aliphatic rings. The van der Waals surface area contributed by atoms with Crippen molar-refractivity contribution in [2.45, 2.75) is 6.92 Å². The fraction of sp³-hybridized carbons (Fsp3) is 0.200. The summed E-state index contributed by atoms with van der Waals surface area (Å²) >= 11 is 1.24. The number of ketones is 1. The summed E-state index contributed by atoms with van der Waals surface area (Å²) in [7, 11) is 0. The van der Waals surface area contributed by atoms with Gasteiger partial charge in [-0.2, -0.15) is 0 Å². The van der Waals surface area contributed by atoms with E-state index in [1.54, 1.807) is 19.1 Å². The molecule has 16 heavy (non-hydrogen) atoms. The van der Waals surface area contributed by atoms with Gasteiger partial charge in [0, 0.05) is 5.56 Å². The lowest BCUT2D eigenvalue weighted by atomic mass is 10.1. The Morgan fingerprint density at radius 1 is 1.44 bits per heavy atom. The molecule has 0 atom stereocenters. The van der Waals surface area contributed by atoms with Gasteiger partial charge in [-0.3, -0.25) is 4.79 Å². The number of fused-ring (bicyclic) bond motifs is 1. The predicted octanol–water partition coefficient (Wildman–Crippen LogP) is 1.44. The van der Waals surface area contributed by atoms with E-state index in [2.05, 4.69) is 14.3 Å². The third-order valence-electron chi connectivity index (χ3n) is 1.97. The van der Waals surface area contributed by atoms with Crippen molar-refractivity contribution in [1.82, 2.24) is 9.59 Å². The molecule has 0 aliphatic heterocycles. The van der Waals surface area contributed by atoms with Crippen LogP contribution in [0.5, 0.6) is 0 Å². The van der Waals surface area contributed by atoms with Crippen molar-refractivity contribution >= 4 is 33.5 Å². The van der Waals surface area contributed by atoms with Crippen molar-refractivity contribution in [2.75, 3.05) is 6.61 Å². The zero-order valence-corrected chi connectivity index (χ0v) is 9.28. The molecule has 0 fully saturated rings. The van der Waals surface area contributed by atoms with Crippen LogP contribution in [0.4, 0.5) is 0 Å². The number of nitrogens with zero attached hydrogens (tertiary/aromatic N) is 2. The largest absolute Gasteiger partial charge is 0.460 e. The van der Waals surface area contributed by atoms with Crippen molar-refractivity contribution in [3.05, 3.63) is 23.8 Å². The third kappa shape index (κ3) is 1.92. The molecule has 0 aliphatic carbocycles. The number of esters is 1. The first-order valence-electron chi connectivity index (χ1n) is 4.66. The highest BCUT2D eigenvalue weighted by molar-refractivity contribution is 7.12. The Kier molecular flexibility index (Phi) is 2.91. The van der Waals surface area contributed by atoms with Gasteiger partial charge in [-0.1, -0.05) is 4.49 Å². The molecule has 0 bridgehead atoms. The molecule has 0 radical (unpaired) electrons. The Hall–Kier alpha value is -1.82. The number of hydrogen-bond acceptors (Lipinski definition) is 6.